The summed E-state index contributed by atoms with van der Waals surface area (Å²) >= 11 is 0. The van der Waals surface area contributed by atoms with Crippen molar-refractivity contribution in [2.24, 2.45) is 11.8 Å². The van der Waals surface area contributed by atoms with Gasteiger partial charge in [0.05, 0.1) is 17.1 Å². The third-order valence-electron chi connectivity index (χ3n) is 11.2. The Hall–Kier alpha value is -2.57. The van der Waals surface area contributed by atoms with Gasteiger partial charge in [0.2, 0.25) is 5.91 Å². The van der Waals surface area contributed by atoms with Crippen LogP contribution in [-0.4, -0.2) is 69.3 Å². The number of carbonyl (C=O) groups is 1. The zero-order chi connectivity index (χ0) is 29.1. The fourth-order valence-corrected chi connectivity index (χ4v) is 9.16. The second-order valence-electron chi connectivity index (χ2n) is 14.4. The lowest BCUT2D eigenvalue weighted by atomic mass is 9.48. The Balaban J connectivity index is 1.14. The van der Waals surface area contributed by atoms with Crippen molar-refractivity contribution in [3.63, 3.8) is 0 Å². The van der Waals surface area contributed by atoms with Gasteiger partial charge in [0.25, 0.3) is 0 Å². The maximum atomic E-state index is 14.0. The van der Waals surface area contributed by atoms with Crippen LogP contribution in [0.5, 0.6) is 11.5 Å². The van der Waals surface area contributed by atoms with Crippen molar-refractivity contribution < 1.29 is 19.7 Å². The summed E-state index contributed by atoms with van der Waals surface area (Å²) < 4.78 is 6.80. The van der Waals surface area contributed by atoms with Crippen LogP contribution in [0.25, 0.3) is 0 Å². The number of carbonyl (C=O) groups excluding carboxylic acids is 1. The first kappa shape index (κ1) is 28.2. The maximum absolute atomic E-state index is 14.0. The average molecular weight is 573 g/mol. The predicted octanol–water partition coefficient (Wildman–Crippen LogP) is 5.61. The molecule has 2 aromatic rings. The van der Waals surface area contributed by atoms with Crippen LogP contribution in [-0.2, 0) is 23.1 Å². The summed E-state index contributed by atoms with van der Waals surface area (Å²) in [5, 5.41) is 23.8. The van der Waals surface area contributed by atoms with Crippen LogP contribution in [0, 0.1) is 11.8 Å². The topological polar surface area (TPSA) is 73.2 Å². The van der Waals surface area contributed by atoms with Gasteiger partial charge >= 0.3 is 0 Å². The molecule has 6 heteroatoms. The summed E-state index contributed by atoms with van der Waals surface area (Å²) in [6, 6.07) is 14.4. The van der Waals surface area contributed by atoms with Crippen LogP contribution in [0.1, 0.15) is 88.3 Å². The van der Waals surface area contributed by atoms with Crippen molar-refractivity contribution in [1.82, 2.24) is 9.80 Å². The summed E-state index contributed by atoms with van der Waals surface area (Å²) in [5.74, 6) is 2.03. The number of aromatic hydroxyl groups is 1. The number of piperidine rings is 1. The minimum atomic E-state index is -0.919. The van der Waals surface area contributed by atoms with E-state index in [9.17, 15) is 15.0 Å². The first-order valence-electron chi connectivity index (χ1n) is 16.6. The minimum absolute atomic E-state index is 0.0563. The van der Waals surface area contributed by atoms with Gasteiger partial charge in [-0.05, 0) is 93.4 Å². The van der Waals surface area contributed by atoms with E-state index in [1.807, 2.05) is 0 Å². The molecule has 5 atom stereocenters. The SMILES string of the molecule is CC(C)CN(C(=O)CCCCCc1ccccc1)[C@H]1CC[C@@]2(O)[C@@H]3Cc4ccc(O)c5c4[C@@]2(CCN3CC2CC2)[C@H]1O5. The van der Waals surface area contributed by atoms with Crippen LogP contribution >= 0.6 is 0 Å². The summed E-state index contributed by atoms with van der Waals surface area (Å²) in [7, 11) is 0. The summed E-state index contributed by atoms with van der Waals surface area (Å²) in [6.07, 6.45) is 9.85. The molecule has 2 saturated carbocycles. The fraction of sp³-hybridized carbons (Fsp3) is 0.639. The minimum Gasteiger partial charge on any atom is -0.504 e. The highest BCUT2D eigenvalue weighted by molar-refractivity contribution is 5.77. The molecule has 2 aromatic carbocycles. The van der Waals surface area contributed by atoms with Crippen LogP contribution in [0.4, 0.5) is 0 Å². The molecular weight excluding hydrogens is 524 g/mol. The quantitative estimate of drug-likeness (QED) is 0.343. The number of likely N-dealkylation sites (tertiary alicyclic amines) is 1. The van der Waals surface area contributed by atoms with E-state index in [1.54, 1.807) is 6.07 Å². The van der Waals surface area contributed by atoms with E-state index in [0.29, 0.717) is 31.1 Å². The molecule has 7 rings (SSSR count). The second-order valence-corrected chi connectivity index (χ2v) is 14.4. The molecule has 1 amide bonds. The number of benzene rings is 2. The van der Waals surface area contributed by atoms with Gasteiger partial charge < -0.3 is 19.8 Å². The van der Waals surface area contributed by atoms with Crippen LogP contribution in [0.3, 0.4) is 0 Å². The lowest BCUT2D eigenvalue weighted by Gasteiger charge is -2.65. The number of amides is 1. The zero-order valence-electron chi connectivity index (χ0n) is 25.4. The van der Waals surface area contributed by atoms with Crippen molar-refractivity contribution >= 4 is 5.91 Å². The van der Waals surface area contributed by atoms with Crippen molar-refractivity contribution in [3.8, 4) is 11.5 Å². The van der Waals surface area contributed by atoms with Gasteiger partial charge in [-0.3, -0.25) is 9.69 Å². The van der Waals surface area contributed by atoms with Gasteiger partial charge in [-0.15, -0.1) is 0 Å². The molecule has 1 saturated heterocycles. The number of ether oxygens (including phenoxy) is 1. The first-order chi connectivity index (χ1) is 20.3. The van der Waals surface area contributed by atoms with Crippen molar-refractivity contribution in [1.29, 1.82) is 0 Å². The molecule has 3 fully saturated rings. The molecule has 42 heavy (non-hydrogen) atoms. The lowest BCUT2D eigenvalue weighted by Crippen LogP contribution is -2.78. The number of nitrogens with zero attached hydrogens (tertiary/aromatic N) is 2. The molecule has 0 radical (unpaired) electrons. The van der Waals surface area contributed by atoms with Crippen molar-refractivity contribution in [2.75, 3.05) is 19.6 Å². The average Bonchev–Trinajstić information content (AvgIpc) is 3.72. The Bertz CT molecular complexity index is 1310. The zero-order valence-corrected chi connectivity index (χ0v) is 25.4. The molecule has 6 nitrogen and oxygen atoms in total. The molecule has 2 heterocycles. The largest absolute Gasteiger partial charge is 0.504 e. The molecule has 0 unspecified atom stereocenters. The lowest BCUT2D eigenvalue weighted by molar-refractivity contribution is -0.202. The van der Waals surface area contributed by atoms with E-state index in [-0.39, 0.29) is 29.8 Å². The van der Waals surface area contributed by atoms with E-state index >= 15 is 0 Å². The van der Waals surface area contributed by atoms with Gasteiger partial charge in [-0.2, -0.15) is 0 Å². The number of hydrogen-bond acceptors (Lipinski definition) is 5. The van der Waals surface area contributed by atoms with Crippen LogP contribution < -0.4 is 4.74 Å². The van der Waals surface area contributed by atoms with Crippen molar-refractivity contribution in [2.45, 2.75) is 114 Å². The van der Waals surface area contributed by atoms with E-state index in [2.05, 4.69) is 60.0 Å². The Labute approximate surface area is 251 Å². The molecule has 5 aliphatic rings. The molecule has 2 aliphatic heterocycles. The number of hydrogen-bond donors (Lipinski definition) is 2. The molecule has 226 valence electrons. The van der Waals surface area contributed by atoms with Crippen LogP contribution in [0.15, 0.2) is 42.5 Å². The smallest absolute Gasteiger partial charge is 0.222 e. The van der Waals surface area contributed by atoms with E-state index in [4.69, 9.17) is 4.74 Å². The number of aliphatic hydroxyl groups is 1. The summed E-state index contributed by atoms with van der Waals surface area (Å²) in [4.78, 5) is 18.7. The van der Waals surface area contributed by atoms with Gasteiger partial charge in [-0.25, -0.2) is 0 Å². The number of rotatable bonds is 11. The number of unbranched alkanes of at least 4 members (excludes halogenated alkanes) is 2. The molecule has 0 aromatic heterocycles. The third kappa shape index (κ3) is 4.55. The Morgan fingerprint density at radius 3 is 2.64 bits per heavy atom. The highest BCUT2D eigenvalue weighted by atomic mass is 16.5. The van der Waals surface area contributed by atoms with Gasteiger partial charge in [-0.1, -0.05) is 56.7 Å². The Kier molecular flexibility index (Phi) is 7.29. The highest BCUT2D eigenvalue weighted by Crippen LogP contribution is 2.66. The fourth-order valence-electron chi connectivity index (χ4n) is 9.16. The van der Waals surface area contributed by atoms with Crippen molar-refractivity contribution in [3.05, 3.63) is 59.2 Å². The van der Waals surface area contributed by atoms with E-state index < -0.39 is 11.0 Å². The van der Waals surface area contributed by atoms with E-state index in [0.717, 1.165) is 69.5 Å². The number of aryl methyl sites for hydroxylation is 1. The summed E-state index contributed by atoms with van der Waals surface area (Å²) in [5.41, 5.74) is 2.10. The highest BCUT2D eigenvalue weighted by Gasteiger charge is 2.73. The summed E-state index contributed by atoms with van der Waals surface area (Å²) in [6.45, 7) is 7.05. The number of phenols is 1. The molecule has 2 bridgehead atoms. The predicted molar refractivity (Wildman–Crippen MR) is 164 cm³/mol. The first-order valence-corrected chi connectivity index (χ1v) is 16.6. The Morgan fingerprint density at radius 1 is 1.07 bits per heavy atom. The van der Waals surface area contributed by atoms with Gasteiger partial charge in [0, 0.05) is 31.1 Å². The third-order valence-corrected chi connectivity index (χ3v) is 11.2. The van der Waals surface area contributed by atoms with Crippen LogP contribution in [0.2, 0.25) is 0 Å². The monoisotopic (exact) mass is 572 g/mol. The van der Waals surface area contributed by atoms with Gasteiger partial charge in [0.1, 0.15) is 6.10 Å². The van der Waals surface area contributed by atoms with Gasteiger partial charge in [0.15, 0.2) is 11.5 Å². The molecule has 3 aliphatic carbocycles. The normalized spacial score (nSPS) is 31.1. The maximum Gasteiger partial charge on any atom is 0.222 e. The standard InChI is InChI=1S/C36H48N2O4/c1-24(2)22-38(31(40)12-8-4-7-11-25-9-5-3-6-10-25)28-17-18-36(41)30-21-27-15-16-29(39)33-32(27)35(36,34(28)42-33)19-20-37(30)23-26-13-14-26/h3,5-6,9-10,15-16,24,26,28,30,34,39,41H,4,7-8,11-14,17-23H2,1-2H3/t28-,30-,34-,35-,36+/m0/s1. The Morgan fingerprint density at radius 2 is 1.88 bits per heavy atom. The molecule has 2 N–H and O–H groups in total. The van der Waals surface area contributed by atoms with E-state index in [1.165, 1.54) is 24.0 Å². The second kappa shape index (κ2) is 10.9. The molecule has 1 spiro atoms. The molecular formula is C36H48N2O4. The number of phenolic OH excluding ortho intramolecular Hbond substituents is 1.